The molecule has 0 amide bonds. The van der Waals surface area contributed by atoms with Gasteiger partial charge in [-0.2, -0.15) is 0 Å². The van der Waals surface area contributed by atoms with Gasteiger partial charge in [0.05, 0.1) is 15.5 Å². The molecule has 1 aromatic carbocycles. The Labute approximate surface area is 131 Å². The van der Waals surface area contributed by atoms with E-state index in [2.05, 4.69) is 66.1 Å². The summed E-state index contributed by atoms with van der Waals surface area (Å²) >= 11 is 4.07. The van der Waals surface area contributed by atoms with Crippen LogP contribution in [0.25, 0.3) is 0 Å². The molecule has 2 N–H and O–H groups in total. The maximum absolute atomic E-state index is 6.37. The average molecular weight is 385 g/mol. The number of fused-ring (bicyclic) bond motifs is 1. The van der Waals surface area contributed by atoms with Crippen LogP contribution in [0.15, 0.2) is 29.6 Å². The first-order valence-corrected chi connectivity index (χ1v) is 8.20. The van der Waals surface area contributed by atoms with Crippen LogP contribution in [0, 0.1) is 2.88 Å². The molecule has 19 heavy (non-hydrogen) atoms. The lowest BCUT2D eigenvalue weighted by Gasteiger charge is -2.17. The summed E-state index contributed by atoms with van der Waals surface area (Å²) in [6, 6.07) is 8.44. The number of nitrogens with two attached hydrogens (primary N) is 1. The first kappa shape index (κ1) is 13.4. The summed E-state index contributed by atoms with van der Waals surface area (Å²) in [7, 11) is 0. The molecule has 0 fully saturated rings. The minimum absolute atomic E-state index is 0.0542. The Balaban J connectivity index is 1.99. The molecule has 4 heteroatoms. The van der Waals surface area contributed by atoms with E-state index in [9.17, 15) is 0 Å². The second-order valence-corrected chi connectivity index (χ2v) is 8.40. The van der Waals surface area contributed by atoms with Gasteiger partial charge in [-0.3, -0.25) is 0 Å². The molecule has 0 aliphatic carbocycles. The lowest BCUT2D eigenvalue weighted by Crippen LogP contribution is -2.19. The molecule has 3 rings (SSSR count). The molecule has 1 aromatic heterocycles. The third kappa shape index (κ3) is 2.41. The Hall–Kier alpha value is -0.590. The Bertz CT molecular complexity index is 620. The predicted molar refractivity (Wildman–Crippen MR) is 88.0 cm³/mol. The minimum Gasteiger partial charge on any atom is -0.492 e. The summed E-state index contributed by atoms with van der Waals surface area (Å²) in [6.07, 6.45) is 0. The lowest BCUT2D eigenvalue weighted by molar-refractivity contribution is 0.291. The molecular weight excluding hydrogens is 369 g/mol. The van der Waals surface area contributed by atoms with Crippen molar-refractivity contribution in [3.63, 3.8) is 0 Å². The van der Waals surface area contributed by atoms with Crippen molar-refractivity contribution < 1.29 is 4.74 Å². The maximum Gasteiger partial charge on any atom is 0.123 e. The molecule has 1 aliphatic rings. The first-order valence-electron chi connectivity index (χ1n) is 6.24. The van der Waals surface area contributed by atoms with Gasteiger partial charge in [-0.15, -0.1) is 11.3 Å². The van der Waals surface area contributed by atoms with Gasteiger partial charge in [-0.25, -0.2) is 0 Å². The minimum atomic E-state index is -0.0542. The van der Waals surface area contributed by atoms with E-state index in [0.29, 0.717) is 0 Å². The van der Waals surface area contributed by atoms with Crippen molar-refractivity contribution in [1.82, 2.24) is 0 Å². The van der Waals surface area contributed by atoms with Crippen molar-refractivity contribution >= 4 is 33.9 Å². The number of thiophene rings is 1. The van der Waals surface area contributed by atoms with Crippen molar-refractivity contribution in [2.75, 3.05) is 6.61 Å². The summed E-state index contributed by atoms with van der Waals surface area (Å²) in [6.45, 7) is 5.17. The fourth-order valence-corrected chi connectivity index (χ4v) is 3.82. The van der Waals surface area contributed by atoms with Crippen LogP contribution in [0.3, 0.4) is 0 Å². The zero-order valence-corrected chi connectivity index (χ0v) is 13.9. The van der Waals surface area contributed by atoms with Crippen LogP contribution in [0.2, 0.25) is 0 Å². The largest absolute Gasteiger partial charge is 0.492 e. The summed E-state index contributed by atoms with van der Waals surface area (Å²) in [5.41, 5.74) is 10.1. The molecule has 1 aliphatic heterocycles. The summed E-state index contributed by atoms with van der Waals surface area (Å²) < 4.78 is 6.99. The summed E-state index contributed by atoms with van der Waals surface area (Å²) in [5, 5.41) is 2.14. The van der Waals surface area contributed by atoms with Gasteiger partial charge in [0, 0.05) is 11.0 Å². The van der Waals surface area contributed by atoms with E-state index in [0.717, 1.165) is 17.9 Å². The van der Waals surface area contributed by atoms with Crippen LogP contribution in [-0.2, 0) is 5.41 Å². The third-order valence-electron chi connectivity index (χ3n) is 3.63. The zero-order chi connectivity index (χ0) is 13.6. The Kier molecular flexibility index (Phi) is 3.35. The van der Waals surface area contributed by atoms with E-state index in [1.807, 2.05) is 0 Å². The van der Waals surface area contributed by atoms with Gasteiger partial charge in [0.2, 0.25) is 0 Å². The van der Waals surface area contributed by atoms with E-state index < -0.39 is 0 Å². The Morgan fingerprint density at radius 3 is 2.79 bits per heavy atom. The SMILES string of the molecule is CC1(C)COc2ccc(C(N)c3csc(I)c3)cc21. The molecule has 2 aromatic rings. The topological polar surface area (TPSA) is 35.2 Å². The molecule has 2 heterocycles. The molecule has 0 radical (unpaired) electrons. The van der Waals surface area contributed by atoms with Gasteiger partial charge < -0.3 is 10.5 Å². The van der Waals surface area contributed by atoms with Crippen molar-refractivity contribution in [1.29, 1.82) is 0 Å². The highest BCUT2D eigenvalue weighted by atomic mass is 127. The third-order valence-corrected chi connectivity index (χ3v) is 5.43. The van der Waals surface area contributed by atoms with Crippen LogP contribution in [0.5, 0.6) is 5.75 Å². The molecule has 1 atom stereocenters. The summed E-state index contributed by atoms with van der Waals surface area (Å²) in [5.74, 6) is 1.00. The van der Waals surface area contributed by atoms with Gasteiger partial charge in [0.15, 0.2) is 0 Å². The number of ether oxygens (including phenoxy) is 1. The van der Waals surface area contributed by atoms with Crippen molar-refractivity contribution in [2.45, 2.75) is 25.3 Å². The highest BCUT2D eigenvalue weighted by molar-refractivity contribution is 14.1. The van der Waals surface area contributed by atoms with Crippen LogP contribution in [0.1, 0.15) is 36.6 Å². The van der Waals surface area contributed by atoms with Gasteiger partial charge >= 0.3 is 0 Å². The molecule has 0 saturated carbocycles. The fraction of sp³-hybridized carbons (Fsp3) is 0.333. The normalized spacial score (nSPS) is 17.9. The van der Waals surface area contributed by atoms with Crippen molar-refractivity contribution in [3.05, 3.63) is 49.2 Å². The zero-order valence-electron chi connectivity index (χ0n) is 10.9. The monoisotopic (exact) mass is 385 g/mol. The number of hydrogen-bond acceptors (Lipinski definition) is 3. The number of rotatable bonds is 2. The molecule has 0 saturated heterocycles. The summed E-state index contributed by atoms with van der Waals surface area (Å²) in [4.78, 5) is 0. The molecule has 0 bridgehead atoms. The number of halogens is 1. The van der Waals surface area contributed by atoms with Crippen molar-refractivity contribution in [2.24, 2.45) is 5.73 Å². The lowest BCUT2D eigenvalue weighted by atomic mass is 9.85. The molecule has 100 valence electrons. The fourth-order valence-electron chi connectivity index (χ4n) is 2.41. The standard InChI is InChI=1S/C15H16INOS/c1-15(2)8-18-12-4-3-9(5-11(12)15)14(17)10-6-13(16)19-7-10/h3-7,14H,8,17H2,1-2H3. The maximum atomic E-state index is 6.37. The van der Waals surface area contributed by atoms with E-state index in [1.165, 1.54) is 14.0 Å². The predicted octanol–water partition coefficient (Wildman–Crippen LogP) is 4.07. The van der Waals surface area contributed by atoms with Crippen LogP contribution < -0.4 is 10.5 Å². The quantitative estimate of drug-likeness (QED) is 0.791. The first-order chi connectivity index (χ1) is 8.97. The van der Waals surface area contributed by atoms with Crippen LogP contribution in [0.4, 0.5) is 0 Å². The molecular formula is C15H16INOS. The smallest absolute Gasteiger partial charge is 0.123 e. The Morgan fingerprint density at radius 1 is 1.32 bits per heavy atom. The highest BCUT2D eigenvalue weighted by Crippen LogP contribution is 2.40. The average Bonchev–Trinajstić information content (AvgIpc) is 2.93. The second kappa shape index (κ2) is 4.75. The molecule has 2 nitrogen and oxygen atoms in total. The van der Waals surface area contributed by atoms with Crippen molar-refractivity contribution in [3.8, 4) is 5.75 Å². The number of benzene rings is 1. The Morgan fingerprint density at radius 2 is 2.11 bits per heavy atom. The molecule has 0 spiro atoms. The van der Waals surface area contributed by atoms with Gasteiger partial charge in [-0.1, -0.05) is 19.9 Å². The van der Waals surface area contributed by atoms with Crippen LogP contribution in [-0.4, -0.2) is 6.61 Å². The molecule has 1 unspecified atom stereocenters. The van der Waals surface area contributed by atoms with Gasteiger partial charge in [-0.05, 0) is 57.3 Å². The van der Waals surface area contributed by atoms with E-state index >= 15 is 0 Å². The van der Waals surface area contributed by atoms with Crippen LogP contribution >= 0.6 is 33.9 Å². The van der Waals surface area contributed by atoms with E-state index in [4.69, 9.17) is 10.5 Å². The second-order valence-electron chi connectivity index (χ2n) is 5.59. The number of hydrogen-bond donors (Lipinski definition) is 1. The van der Waals surface area contributed by atoms with E-state index in [1.54, 1.807) is 11.3 Å². The van der Waals surface area contributed by atoms with Gasteiger partial charge in [0.25, 0.3) is 0 Å². The van der Waals surface area contributed by atoms with Gasteiger partial charge in [0.1, 0.15) is 5.75 Å². The highest BCUT2D eigenvalue weighted by Gasteiger charge is 2.32. The van der Waals surface area contributed by atoms with E-state index in [-0.39, 0.29) is 11.5 Å².